The maximum atomic E-state index is 5.77. The molecule has 0 aliphatic carbocycles. The highest BCUT2D eigenvalue weighted by atomic mass is 35.5. The lowest BCUT2D eigenvalue weighted by molar-refractivity contribution is 0.300. The Hall–Kier alpha value is -1.99. The molecular formula is C15H16ClN3O. The van der Waals surface area contributed by atoms with E-state index in [-0.39, 0.29) is 0 Å². The molecule has 5 heteroatoms. The molecule has 2 rings (SSSR count). The predicted molar refractivity (Wildman–Crippen MR) is 78.7 cm³/mol. The first-order valence-electron chi connectivity index (χ1n) is 6.32. The van der Waals surface area contributed by atoms with E-state index in [1.54, 1.807) is 4.68 Å². The molecule has 2 aromatic rings. The monoisotopic (exact) mass is 289 g/mol. The van der Waals surface area contributed by atoms with Crippen molar-refractivity contribution in [3.8, 4) is 17.6 Å². The second-order valence-corrected chi connectivity index (χ2v) is 4.79. The Labute approximate surface area is 123 Å². The van der Waals surface area contributed by atoms with Crippen LogP contribution in [0, 0.1) is 18.8 Å². The van der Waals surface area contributed by atoms with Crippen molar-refractivity contribution < 1.29 is 4.74 Å². The standard InChI is InChI=1S/C15H16ClN3O/c1-12-6-7-15(13(9-12)5-3-4-8-16)20-11-14-10-19(2)18-17-14/h6-7,9-10H,4,8,11H2,1-2H3. The number of alkyl halides is 1. The number of benzene rings is 1. The number of aryl methyl sites for hydroxylation is 2. The Bertz CT molecular complexity index is 640. The van der Waals surface area contributed by atoms with Crippen LogP contribution in [0.25, 0.3) is 0 Å². The maximum absolute atomic E-state index is 5.77. The van der Waals surface area contributed by atoms with E-state index in [0.717, 1.165) is 22.6 Å². The number of ether oxygens (including phenoxy) is 1. The summed E-state index contributed by atoms with van der Waals surface area (Å²) in [6, 6.07) is 5.93. The second-order valence-electron chi connectivity index (χ2n) is 4.41. The van der Waals surface area contributed by atoms with E-state index in [0.29, 0.717) is 18.9 Å². The average Bonchev–Trinajstić information content (AvgIpc) is 2.84. The number of aromatic nitrogens is 3. The van der Waals surface area contributed by atoms with Crippen LogP contribution in [0.1, 0.15) is 23.2 Å². The summed E-state index contributed by atoms with van der Waals surface area (Å²) < 4.78 is 7.42. The number of hydrogen-bond donors (Lipinski definition) is 0. The Balaban J connectivity index is 2.12. The highest BCUT2D eigenvalue weighted by molar-refractivity contribution is 6.18. The van der Waals surface area contributed by atoms with Gasteiger partial charge in [-0.25, -0.2) is 0 Å². The molecule has 0 unspecified atom stereocenters. The Kier molecular flexibility index (Phi) is 5.03. The van der Waals surface area contributed by atoms with E-state index in [1.807, 2.05) is 38.4 Å². The molecule has 0 saturated heterocycles. The van der Waals surface area contributed by atoms with Gasteiger partial charge < -0.3 is 4.74 Å². The van der Waals surface area contributed by atoms with E-state index in [1.165, 1.54) is 0 Å². The SMILES string of the molecule is Cc1ccc(OCc2cn(C)nn2)c(C#CCCCl)c1. The lowest BCUT2D eigenvalue weighted by Gasteiger charge is -2.07. The molecule has 0 N–H and O–H groups in total. The van der Waals surface area contributed by atoms with Gasteiger partial charge in [0, 0.05) is 19.3 Å². The molecule has 1 aromatic carbocycles. The van der Waals surface area contributed by atoms with E-state index in [9.17, 15) is 0 Å². The molecule has 0 fully saturated rings. The first-order valence-corrected chi connectivity index (χ1v) is 6.86. The van der Waals surface area contributed by atoms with Gasteiger partial charge in [-0.1, -0.05) is 23.1 Å². The van der Waals surface area contributed by atoms with Gasteiger partial charge in [0.05, 0.1) is 11.8 Å². The molecule has 104 valence electrons. The zero-order valence-corrected chi connectivity index (χ0v) is 12.3. The minimum absolute atomic E-state index is 0.376. The van der Waals surface area contributed by atoms with Gasteiger partial charge in [-0.15, -0.1) is 16.7 Å². The van der Waals surface area contributed by atoms with Crippen molar-refractivity contribution in [2.24, 2.45) is 7.05 Å². The van der Waals surface area contributed by atoms with Crippen LogP contribution in [0.15, 0.2) is 24.4 Å². The van der Waals surface area contributed by atoms with Crippen LogP contribution in [0.5, 0.6) is 5.75 Å². The van der Waals surface area contributed by atoms with Crippen molar-refractivity contribution in [2.75, 3.05) is 5.88 Å². The average molecular weight is 290 g/mol. The van der Waals surface area contributed by atoms with E-state index in [2.05, 4.69) is 22.2 Å². The van der Waals surface area contributed by atoms with Gasteiger partial charge in [-0.05, 0) is 24.6 Å². The summed E-state index contributed by atoms with van der Waals surface area (Å²) in [7, 11) is 1.82. The maximum Gasteiger partial charge on any atom is 0.135 e. The van der Waals surface area contributed by atoms with Crippen LogP contribution in [0.2, 0.25) is 0 Å². The number of halogens is 1. The zero-order valence-electron chi connectivity index (χ0n) is 11.6. The van der Waals surface area contributed by atoms with Gasteiger partial charge >= 0.3 is 0 Å². The van der Waals surface area contributed by atoms with Crippen LogP contribution in [0.4, 0.5) is 0 Å². The molecule has 0 aliphatic rings. The van der Waals surface area contributed by atoms with Gasteiger partial charge in [-0.2, -0.15) is 0 Å². The third-order valence-electron chi connectivity index (χ3n) is 2.60. The van der Waals surface area contributed by atoms with Crippen molar-refractivity contribution in [1.82, 2.24) is 15.0 Å². The fourth-order valence-electron chi connectivity index (χ4n) is 1.69. The van der Waals surface area contributed by atoms with Gasteiger partial charge in [0.25, 0.3) is 0 Å². The van der Waals surface area contributed by atoms with Crippen LogP contribution >= 0.6 is 11.6 Å². The van der Waals surface area contributed by atoms with Crippen molar-refractivity contribution in [3.63, 3.8) is 0 Å². The normalized spacial score (nSPS) is 9.95. The summed E-state index contributed by atoms with van der Waals surface area (Å²) in [4.78, 5) is 0. The molecule has 0 radical (unpaired) electrons. The Morgan fingerprint density at radius 3 is 2.95 bits per heavy atom. The number of hydrogen-bond acceptors (Lipinski definition) is 3. The molecule has 0 aliphatic heterocycles. The fourth-order valence-corrected chi connectivity index (χ4v) is 1.78. The summed E-state index contributed by atoms with van der Waals surface area (Å²) in [5.41, 5.74) is 2.80. The summed E-state index contributed by atoms with van der Waals surface area (Å²) in [5, 5.41) is 7.86. The third kappa shape index (κ3) is 4.01. The van der Waals surface area contributed by atoms with E-state index in [4.69, 9.17) is 16.3 Å². The van der Waals surface area contributed by atoms with E-state index >= 15 is 0 Å². The quantitative estimate of drug-likeness (QED) is 0.642. The summed E-state index contributed by atoms with van der Waals surface area (Å²) in [6.07, 6.45) is 2.49. The number of rotatable bonds is 4. The molecule has 0 bridgehead atoms. The van der Waals surface area contributed by atoms with Crippen molar-refractivity contribution in [2.45, 2.75) is 20.0 Å². The minimum atomic E-state index is 0.376. The molecule has 1 heterocycles. The molecule has 0 amide bonds. The third-order valence-corrected chi connectivity index (χ3v) is 2.79. The lowest BCUT2D eigenvalue weighted by Crippen LogP contribution is -1.98. The van der Waals surface area contributed by atoms with Gasteiger partial charge in [0.15, 0.2) is 0 Å². The Morgan fingerprint density at radius 2 is 2.25 bits per heavy atom. The molecule has 0 spiro atoms. The summed E-state index contributed by atoms with van der Waals surface area (Å²) in [6.45, 7) is 2.40. The molecule has 20 heavy (non-hydrogen) atoms. The molecule has 4 nitrogen and oxygen atoms in total. The first-order chi connectivity index (χ1) is 9.69. The fraction of sp³-hybridized carbons (Fsp3) is 0.333. The van der Waals surface area contributed by atoms with Gasteiger partial charge in [0.2, 0.25) is 0 Å². The Morgan fingerprint density at radius 1 is 1.40 bits per heavy atom. The van der Waals surface area contributed by atoms with Crippen LogP contribution in [-0.4, -0.2) is 20.9 Å². The van der Waals surface area contributed by atoms with Crippen molar-refractivity contribution >= 4 is 11.6 Å². The predicted octanol–water partition coefficient (Wildman–Crippen LogP) is 2.68. The van der Waals surface area contributed by atoms with Crippen molar-refractivity contribution in [1.29, 1.82) is 0 Å². The zero-order chi connectivity index (χ0) is 14.4. The first kappa shape index (κ1) is 14.4. The van der Waals surface area contributed by atoms with Crippen LogP contribution < -0.4 is 4.74 Å². The van der Waals surface area contributed by atoms with Gasteiger partial charge in [-0.3, -0.25) is 4.68 Å². The summed E-state index contributed by atoms with van der Waals surface area (Å²) >= 11 is 5.63. The minimum Gasteiger partial charge on any atom is -0.486 e. The summed E-state index contributed by atoms with van der Waals surface area (Å²) in [5.74, 6) is 7.41. The highest BCUT2D eigenvalue weighted by Gasteiger charge is 2.04. The topological polar surface area (TPSA) is 39.9 Å². The van der Waals surface area contributed by atoms with Crippen LogP contribution in [-0.2, 0) is 13.7 Å². The number of nitrogens with zero attached hydrogens (tertiary/aromatic N) is 3. The molecule has 1 aromatic heterocycles. The molecular weight excluding hydrogens is 274 g/mol. The van der Waals surface area contributed by atoms with Crippen LogP contribution in [0.3, 0.4) is 0 Å². The molecule has 0 atom stereocenters. The smallest absolute Gasteiger partial charge is 0.135 e. The lowest BCUT2D eigenvalue weighted by atomic mass is 10.1. The van der Waals surface area contributed by atoms with E-state index < -0.39 is 0 Å². The largest absolute Gasteiger partial charge is 0.486 e. The van der Waals surface area contributed by atoms with Crippen molar-refractivity contribution in [3.05, 3.63) is 41.2 Å². The highest BCUT2D eigenvalue weighted by Crippen LogP contribution is 2.20. The molecule has 0 saturated carbocycles. The van der Waals surface area contributed by atoms with Gasteiger partial charge in [0.1, 0.15) is 18.1 Å². The second kappa shape index (κ2) is 6.97.